The quantitative estimate of drug-likeness (QED) is 0.387. The molecule has 8 nitrogen and oxygen atoms in total. The van der Waals surface area contributed by atoms with Crippen molar-refractivity contribution in [2.75, 3.05) is 5.84 Å². The first-order valence-electron chi connectivity index (χ1n) is 8.16. The number of pyridine rings is 1. The molecule has 148 valence electrons. The summed E-state index contributed by atoms with van der Waals surface area (Å²) in [5.74, 6) is 6.96. The van der Waals surface area contributed by atoms with Crippen LogP contribution in [0.5, 0.6) is 0 Å². The molecule has 4 rings (SSSR count). The molecule has 0 amide bonds. The van der Waals surface area contributed by atoms with Crippen molar-refractivity contribution in [3.8, 4) is 22.8 Å². The second-order valence-corrected chi connectivity index (χ2v) is 6.74. The summed E-state index contributed by atoms with van der Waals surface area (Å²) >= 11 is 1.20. The van der Waals surface area contributed by atoms with Gasteiger partial charge in [0.15, 0.2) is 5.82 Å². The Morgan fingerprint density at radius 3 is 2.69 bits per heavy atom. The summed E-state index contributed by atoms with van der Waals surface area (Å²) in [5, 5.41) is 12.2. The minimum atomic E-state index is -4.45. The normalized spacial score (nSPS) is 11.7. The molecule has 0 bridgehead atoms. The summed E-state index contributed by atoms with van der Waals surface area (Å²) in [5.41, 5.74) is 0.134. The van der Waals surface area contributed by atoms with Crippen LogP contribution in [0.4, 0.5) is 13.2 Å². The molecule has 0 saturated carbocycles. The van der Waals surface area contributed by atoms with Crippen molar-refractivity contribution in [2.24, 2.45) is 0 Å². The van der Waals surface area contributed by atoms with E-state index in [0.29, 0.717) is 16.5 Å². The first kappa shape index (κ1) is 18.9. The van der Waals surface area contributed by atoms with Crippen molar-refractivity contribution >= 4 is 11.8 Å². The van der Waals surface area contributed by atoms with Gasteiger partial charge in [0.05, 0.1) is 11.3 Å². The van der Waals surface area contributed by atoms with Crippen LogP contribution in [0, 0.1) is 0 Å². The highest BCUT2D eigenvalue weighted by Crippen LogP contribution is 2.31. The van der Waals surface area contributed by atoms with Crippen molar-refractivity contribution in [3.63, 3.8) is 0 Å². The molecule has 2 N–H and O–H groups in total. The molecular weight excluding hydrogens is 407 g/mol. The standard InChI is InChI=1S/C17H12F3N7OS/c18-17(19,20)12-5-1-3-10(7-12)14-23-13(28-26-14)9-29-16-25-24-15(27(16)21)11-4-2-6-22-8-11/h1-8H,9,21H2. The van der Waals surface area contributed by atoms with Crippen LogP contribution in [0.2, 0.25) is 0 Å². The van der Waals surface area contributed by atoms with E-state index < -0.39 is 11.7 Å². The number of thioether (sulfide) groups is 1. The molecule has 29 heavy (non-hydrogen) atoms. The first-order valence-corrected chi connectivity index (χ1v) is 9.14. The summed E-state index contributed by atoms with van der Waals surface area (Å²) in [6.07, 6.45) is -1.20. The number of nitrogen functional groups attached to an aromatic ring is 1. The number of hydrogen-bond acceptors (Lipinski definition) is 8. The van der Waals surface area contributed by atoms with E-state index in [0.717, 1.165) is 12.1 Å². The van der Waals surface area contributed by atoms with Crippen LogP contribution in [0.3, 0.4) is 0 Å². The lowest BCUT2D eigenvalue weighted by Gasteiger charge is -2.06. The first-order chi connectivity index (χ1) is 13.9. The highest BCUT2D eigenvalue weighted by atomic mass is 32.2. The minimum absolute atomic E-state index is 0.0666. The molecule has 1 aromatic carbocycles. The van der Waals surface area contributed by atoms with Gasteiger partial charge in [0.1, 0.15) is 0 Å². The zero-order chi connectivity index (χ0) is 20.4. The maximum atomic E-state index is 12.9. The van der Waals surface area contributed by atoms with E-state index in [1.807, 2.05) is 0 Å². The summed E-state index contributed by atoms with van der Waals surface area (Å²) in [4.78, 5) is 8.15. The number of nitrogens with two attached hydrogens (primary N) is 1. The molecule has 0 atom stereocenters. The molecule has 0 radical (unpaired) electrons. The van der Waals surface area contributed by atoms with Gasteiger partial charge in [-0.3, -0.25) is 4.98 Å². The average Bonchev–Trinajstić information content (AvgIpc) is 3.33. The van der Waals surface area contributed by atoms with E-state index >= 15 is 0 Å². The van der Waals surface area contributed by atoms with E-state index in [4.69, 9.17) is 10.4 Å². The van der Waals surface area contributed by atoms with Gasteiger partial charge in [0, 0.05) is 23.5 Å². The van der Waals surface area contributed by atoms with Gasteiger partial charge in [-0.25, -0.2) is 4.68 Å². The Labute approximate surface area is 165 Å². The monoisotopic (exact) mass is 419 g/mol. The third-order valence-electron chi connectivity index (χ3n) is 3.83. The van der Waals surface area contributed by atoms with Crippen LogP contribution in [-0.4, -0.2) is 30.0 Å². The molecule has 3 aromatic heterocycles. The molecule has 4 aromatic rings. The summed E-state index contributed by atoms with van der Waals surface area (Å²) in [6.45, 7) is 0. The lowest BCUT2D eigenvalue weighted by molar-refractivity contribution is -0.137. The molecule has 3 heterocycles. The number of halogens is 3. The second-order valence-electron chi connectivity index (χ2n) is 5.80. The summed E-state index contributed by atoms with van der Waals surface area (Å²) < 4.78 is 45.0. The summed E-state index contributed by atoms with van der Waals surface area (Å²) in [6, 6.07) is 8.28. The zero-order valence-electron chi connectivity index (χ0n) is 14.5. The molecule has 0 saturated heterocycles. The number of benzene rings is 1. The Morgan fingerprint density at radius 2 is 1.93 bits per heavy atom. The second kappa shape index (κ2) is 7.54. The highest BCUT2D eigenvalue weighted by molar-refractivity contribution is 7.98. The number of nitrogens with zero attached hydrogens (tertiary/aromatic N) is 6. The molecule has 12 heteroatoms. The number of aromatic nitrogens is 6. The predicted octanol–water partition coefficient (Wildman–Crippen LogP) is 3.42. The molecule has 0 fully saturated rings. The van der Waals surface area contributed by atoms with Crippen LogP contribution in [0.25, 0.3) is 22.8 Å². The Bertz CT molecular complexity index is 1130. The fourth-order valence-corrected chi connectivity index (χ4v) is 3.15. The molecule has 0 aliphatic carbocycles. The maximum Gasteiger partial charge on any atom is 0.416 e. The third-order valence-corrected chi connectivity index (χ3v) is 4.75. The van der Waals surface area contributed by atoms with Crippen molar-refractivity contribution in [1.29, 1.82) is 0 Å². The van der Waals surface area contributed by atoms with Gasteiger partial charge in [-0.05, 0) is 24.3 Å². The SMILES string of the molecule is Nn1c(SCc2nc(-c3cccc(C(F)(F)F)c3)no2)nnc1-c1cccnc1. The maximum absolute atomic E-state index is 12.9. The van der Waals surface area contributed by atoms with Gasteiger partial charge >= 0.3 is 6.18 Å². The van der Waals surface area contributed by atoms with Gasteiger partial charge in [0.2, 0.25) is 16.9 Å². The van der Waals surface area contributed by atoms with Crippen LogP contribution < -0.4 is 5.84 Å². The van der Waals surface area contributed by atoms with Crippen LogP contribution in [0.15, 0.2) is 58.5 Å². The Balaban J connectivity index is 1.48. The number of rotatable bonds is 5. The Kier molecular flexibility index (Phi) is 4.92. The lowest BCUT2D eigenvalue weighted by atomic mass is 10.1. The fourth-order valence-electron chi connectivity index (χ4n) is 2.46. The van der Waals surface area contributed by atoms with Crippen molar-refractivity contribution in [2.45, 2.75) is 17.1 Å². The molecule has 0 spiro atoms. The Hall–Kier alpha value is -3.41. The third kappa shape index (κ3) is 4.06. The van der Waals surface area contributed by atoms with Gasteiger partial charge in [0.25, 0.3) is 0 Å². The van der Waals surface area contributed by atoms with Gasteiger partial charge in [-0.1, -0.05) is 29.1 Å². The number of alkyl halides is 3. The van der Waals surface area contributed by atoms with Gasteiger partial charge in [-0.2, -0.15) is 18.2 Å². The zero-order valence-corrected chi connectivity index (χ0v) is 15.4. The Morgan fingerprint density at radius 1 is 1.10 bits per heavy atom. The summed E-state index contributed by atoms with van der Waals surface area (Å²) in [7, 11) is 0. The predicted molar refractivity (Wildman–Crippen MR) is 97.7 cm³/mol. The van der Waals surface area contributed by atoms with E-state index in [1.165, 1.54) is 28.6 Å². The topological polar surface area (TPSA) is 109 Å². The largest absolute Gasteiger partial charge is 0.416 e. The molecule has 0 aliphatic rings. The fraction of sp³-hybridized carbons (Fsp3) is 0.118. The van der Waals surface area contributed by atoms with E-state index in [2.05, 4.69) is 25.3 Å². The lowest BCUT2D eigenvalue weighted by Crippen LogP contribution is -2.11. The minimum Gasteiger partial charge on any atom is -0.338 e. The van der Waals surface area contributed by atoms with Crippen molar-refractivity contribution < 1.29 is 17.7 Å². The van der Waals surface area contributed by atoms with E-state index in [9.17, 15) is 13.2 Å². The van der Waals surface area contributed by atoms with Crippen molar-refractivity contribution in [1.82, 2.24) is 30.0 Å². The van der Waals surface area contributed by atoms with Gasteiger partial charge in [-0.15, -0.1) is 10.2 Å². The number of hydrogen-bond donors (Lipinski definition) is 1. The molecule has 0 unspecified atom stereocenters. The molecule has 0 aliphatic heterocycles. The van der Waals surface area contributed by atoms with Crippen LogP contribution in [-0.2, 0) is 11.9 Å². The molecular formula is C17H12F3N7OS. The smallest absolute Gasteiger partial charge is 0.338 e. The van der Waals surface area contributed by atoms with Gasteiger partial charge < -0.3 is 10.4 Å². The van der Waals surface area contributed by atoms with E-state index in [-0.39, 0.29) is 23.0 Å². The highest BCUT2D eigenvalue weighted by Gasteiger charge is 2.30. The average molecular weight is 419 g/mol. The van der Waals surface area contributed by atoms with Crippen LogP contribution in [0.1, 0.15) is 11.5 Å². The van der Waals surface area contributed by atoms with Crippen molar-refractivity contribution in [3.05, 3.63) is 60.2 Å². The van der Waals surface area contributed by atoms with E-state index in [1.54, 1.807) is 24.5 Å². The van der Waals surface area contributed by atoms with Crippen LogP contribution >= 0.6 is 11.8 Å².